The fourth-order valence-corrected chi connectivity index (χ4v) is 3.69. The number of aromatic nitrogens is 1. The van der Waals surface area contributed by atoms with Gasteiger partial charge in [0.25, 0.3) is 0 Å². The van der Waals surface area contributed by atoms with Crippen LogP contribution in [0.25, 0.3) is 22.4 Å². The van der Waals surface area contributed by atoms with Crippen molar-refractivity contribution in [1.82, 2.24) is 10.3 Å². The highest BCUT2D eigenvalue weighted by molar-refractivity contribution is 5.78. The van der Waals surface area contributed by atoms with E-state index in [2.05, 4.69) is 42.6 Å². The van der Waals surface area contributed by atoms with Crippen LogP contribution in [0.1, 0.15) is 11.1 Å². The largest absolute Gasteiger partial charge is 0.486 e. The van der Waals surface area contributed by atoms with Crippen molar-refractivity contribution in [3.8, 4) is 39.8 Å². The van der Waals surface area contributed by atoms with Gasteiger partial charge >= 0.3 is 0 Å². The van der Waals surface area contributed by atoms with E-state index in [1.165, 1.54) is 0 Å². The summed E-state index contributed by atoms with van der Waals surface area (Å²) in [4.78, 5) is 4.77. The lowest BCUT2D eigenvalue weighted by Crippen LogP contribution is -2.22. The zero-order chi connectivity index (χ0) is 20.9. The number of pyridine rings is 1. The average molecular weight is 405 g/mol. The number of nitrogens with two attached hydrogens (primary N) is 1. The van der Waals surface area contributed by atoms with E-state index in [1.807, 2.05) is 18.2 Å². The Morgan fingerprint density at radius 1 is 1.03 bits per heavy atom. The second kappa shape index (κ2) is 9.15. The summed E-state index contributed by atoms with van der Waals surface area (Å²) in [6.45, 7) is 5.30. The molecule has 0 amide bonds. The molecular formula is C24H27N3O3. The Morgan fingerprint density at radius 2 is 1.83 bits per heavy atom. The van der Waals surface area contributed by atoms with E-state index in [0.717, 1.165) is 51.6 Å². The predicted molar refractivity (Wildman–Crippen MR) is 118 cm³/mol. The minimum atomic E-state index is 0.575. The zero-order valence-corrected chi connectivity index (χ0v) is 17.4. The van der Waals surface area contributed by atoms with Crippen LogP contribution in [0.3, 0.4) is 0 Å². The Labute approximate surface area is 177 Å². The molecule has 0 saturated heterocycles. The third-order valence-corrected chi connectivity index (χ3v) is 5.23. The van der Waals surface area contributed by atoms with Crippen LogP contribution >= 0.6 is 0 Å². The topological polar surface area (TPSA) is 78.6 Å². The Balaban J connectivity index is 1.68. The third kappa shape index (κ3) is 4.10. The first-order chi connectivity index (χ1) is 14.7. The van der Waals surface area contributed by atoms with Gasteiger partial charge < -0.3 is 25.3 Å². The van der Waals surface area contributed by atoms with Gasteiger partial charge in [0.1, 0.15) is 13.2 Å². The molecule has 0 atom stereocenters. The summed E-state index contributed by atoms with van der Waals surface area (Å²) >= 11 is 0. The number of rotatable bonds is 7. The molecule has 1 aliphatic rings. The molecule has 156 valence electrons. The van der Waals surface area contributed by atoms with Crippen LogP contribution in [0, 0.1) is 6.92 Å². The molecule has 0 unspecified atom stereocenters. The van der Waals surface area contributed by atoms with E-state index >= 15 is 0 Å². The molecule has 1 aromatic heterocycles. The van der Waals surface area contributed by atoms with Gasteiger partial charge in [-0.25, -0.2) is 4.98 Å². The molecule has 1 aliphatic heterocycles. The molecule has 3 aromatic rings. The van der Waals surface area contributed by atoms with E-state index < -0.39 is 0 Å². The van der Waals surface area contributed by atoms with Gasteiger partial charge in [-0.15, -0.1) is 0 Å². The zero-order valence-electron chi connectivity index (χ0n) is 17.4. The lowest BCUT2D eigenvalue weighted by atomic mass is 9.94. The first-order valence-corrected chi connectivity index (χ1v) is 10.2. The van der Waals surface area contributed by atoms with Gasteiger partial charge in [0, 0.05) is 30.8 Å². The number of nitrogens with zero attached hydrogens (tertiary/aromatic N) is 1. The third-order valence-electron chi connectivity index (χ3n) is 5.23. The Morgan fingerprint density at radius 3 is 2.63 bits per heavy atom. The molecule has 2 heterocycles. The number of hydrogen-bond donors (Lipinski definition) is 2. The molecular weight excluding hydrogens is 378 g/mol. The van der Waals surface area contributed by atoms with Crippen LogP contribution in [0.15, 0.2) is 48.5 Å². The van der Waals surface area contributed by atoms with Crippen molar-refractivity contribution in [2.24, 2.45) is 5.73 Å². The van der Waals surface area contributed by atoms with Crippen molar-refractivity contribution in [3.05, 3.63) is 59.7 Å². The predicted octanol–water partition coefficient (Wildman–Crippen LogP) is 3.55. The number of benzene rings is 2. The number of ether oxygens (including phenoxy) is 3. The molecule has 0 radical (unpaired) electrons. The number of methoxy groups -OCH3 is 1. The van der Waals surface area contributed by atoms with Gasteiger partial charge in [-0.3, -0.25) is 0 Å². The number of fused-ring (bicyclic) bond motifs is 1. The fourth-order valence-electron chi connectivity index (χ4n) is 3.69. The summed E-state index contributed by atoms with van der Waals surface area (Å²) in [5, 5.41) is 3.29. The van der Waals surface area contributed by atoms with Gasteiger partial charge in [0.05, 0.1) is 12.8 Å². The van der Waals surface area contributed by atoms with Crippen molar-refractivity contribution < 1.29 is 14.2 Å². The first kappa shape index (κ1) is 20.2. The van der Waals surface area contributed by atoms with Gasteiger partial charge in [0.2, 0.25) is 5.88 Å². The Bertz CT molecular complexity index is 1040. The van der Waals surface area contributed by atoms with Crippen LogP contribution in [0.4, 0.5) is 0 Å². The summed E-state index contributed by atoms with van der Waals surface area (Å²) in [5.74, 6) is 2.21. The van der Waals surface area contributed by atoms with Crippen LogP contribution < -0.4 is 25.3 Å². The first-order valence-electron chi connectivity index (χ1n) is 10.2. The van der Waals surface area contributed by atoms with Crippen LogP contribution in [0.2, 0.25) is 0 Å². The highest BCUT2D eigenvalue weighted by atomic mass is 16.6. The molecule has 0 saturated carbocycles. The number of nitrogens with one attached hydrogen (secondary N) is 1. The summed E-state index contributed by atoms with van der Waals surface area (Å²) < 4.78 is 16.9. The normalized spacial score (nSPS) is 12.6. The molecule has 2 aromatic carbocycles. The second-order valence-corrected chi connectivity index (χ2v) is 7.17. The minimum Gasteiger partial charge on any atom is -0.486 e. The lowest BCUT2D eigenvalue weighted by molar-refractivity contribution is 0.171. The SMILES string of the molecule is COc1nc(-c2cccc(-c3ccc4c(c3)OCCO4)c2C)ccc1CNCCN. The highest BCUT2D eigenvalue weighted by Gasteiger charge is 2.16. The van der Waals surface area contributed by atoms with Crippen molar-refractivity contribution in [2.75, 3.05) is 33.4 Å². The smallest absolute Gasteiger partial charge is 0.218 e. The summed E-state index contributed by atoms with van der Waals surface area (Å²) in [6.07, 6.45) is 0. The maximum Gasteiger partial charge on any atom is 0.218 e. The maximum atomic E-state index is 5.76. The molecule has 0 bridgehead atoms. The number of hydrogen-bond acceptors (Lipinski definition) is 6. The fraction of sp³-hybridized carbons (Fsp3) is 0.292. The second-order valence-electron chi connectivity index (χ2n) is 7.17. The monoisotopic (exact) mass is 405 g/mol. The van der Waals surface area contributed by atoms with Crippen LogP contribution in [-0.4, -0.2) is 38.4 Å². The maximum absolute atomic E-state index is 5.76. The van der Waals surface area contributed by atoms with Gasteiger partial charge in [-0.2, -0.15) is 0 Å². The minimum absolute atomic E-state index is 0.575. The molecule has 0 aliphatic carbocycles. The van der Waals surface area contributed by atoms with E-state index in [4.69, 9.17) is 24.9 Å². The van der Waals surface area contributed by atoms with Crippen LogP contribution in [-0.2, 0) is 6.54 Å². The molecule has 6 nitrogen and oxygen atoms in total. The van der Waals surface area contributed by atoms with Crippen molar-refractivity contribution in [2.45, 2.75) is 13.5 Å². The summed E-state index contributed by atoms with van der Waals surface area (Å²) in [7, 11) is 1.65. The Hall–Kier alpha value is -3.09. The van der Waals surface area contributed by atoms with E-state index in [0.29, 0.717) is 32.2 Å². The van der Waals surface area contributed by atoms with Gasteiger partial charge in [0.15, 0.2) is 11.5 Å². The molecule has 6 heteroatoms. The summed E-state index contributed by atoms with van der Waals surface area (Å²) in [6, 6.07) is 16.4. The van der Waals surface area contributed by atoms with E-state index in [-0.39, 0.29) is 0 Å². The molecule has 30 heavy (non-hydrogen) atoms. The molecule has 0 fully saturated rings. The molecule has 0 spiro atoms. The summed E-state index contributed by atoms with van der Waals surface area (Å²) in [5.41, 5.74) is 11.9. The van der Waals surface area contributed by atoms with Gasteiger partial charge in [-0.05, 0) is 41.8 Å². The van der Waals surface area contributed by atoms with E-state index in [9.17, 15) is 0 Å². The lowest BCUT2D eigenvalue weighted by Gasteiger charge is -2.20. The van der Waals surface area contributed by atoms with Gasteiger partial charge in [-0.1, -0.05) is 30.3 Å². The van der Waals surface area contributed by atoms with Crippen LogP contribution in [0.5, 0.6) is 17.4 Å². The highest BCUT2D eigenvalue weighted by Crippen LogP contribution is 2.37. The Kier molecular flexibility index (Phi) is 6.16. The van der Waals surface area contributed by atoms with E-state index in [1.54, 1.807) is 7.11 Å². The molecule has 3 N–H and O–H groups in total. The molecule has 4 rings (SSSR count). The van der Waals surface area contributed by atoms with Crippen molar-refractivity contribution in [3.63, 3.8) is 0 Å². The van der Waals surface area contributed by atoms with Crippen molar-refractivity contribution in [1.29, 1.82) is 0 Å². The van der Waals surface area contributed by atoms with Crippen molar-refractivity contribution >= 4 is 0 Å². The average Bonchev–Trinajstić information content (AvgIpc) is 2.79. The quantitative estimate of drug-likeness (QED) is 0.586. The standard InChI is InChI=1S/C24H27N3O3/c1-16-19(17-7-9-22-23(14-17)30-13-12-29-22)4-3-5-20(16)21-8-6-18(15-26-11-10-25)24(27-21)28-2/h3-9,14,26H,10-13,15,25H2,1-2H3.